The van der Waals surface area contributed by atoms with Crippen molar-refractivity contribution in [3.05, 3.63) is 53.1 Å². The Morgan fingerprint density at radius 3 is 2.64 bits per heavy atom. The van der Waals surface area contributed by atoms with Crippen molar-refractivity contribution in [1.82, 2.24) is 0 Å². The number of amides is 1. The Balaban J connectivity index is 1.87. The number of rotatable bonds is 7. The molecule has 25 heavy (non-hydrogen) atoms. The summed E-state index contributed by atoms with van der Waals surface area (Å²) in [5.41, 5.74) is 2.33. The van der Waals surface area contributed by atoms with Gasteiger partial charge >= 0.3 is 5.97 Å². The summed E-state index contributed by atoms with van der Waals surface area (Å²) in [5, 5.41) is 6.38. The van der Waals surface area contributed by atoms with Gasteiger partial charge in [-0.1, -0.05) is 17.7 Å². The zero-order valence-electron chi connectivity index (χ0n) is 14.0. The van der Waals surface area contributed by atoms with Gasteiger partial charge in [-0.25, -0.2) is 4.79 Å². The fourth-order valence-corrected chi connectivity index (χ4v) is 2.26. The number of aryl methyl sites for hydroxylation is 1. The van der Waals surface area contributed by atoms with Crippen molar-refractivity contribution in [2.45, 2.75) is 6.92 Å². The summed E-state index contributed by atoms with van der Waals surface area (Å²) in [4.78, 5) is 23.1. The minimum atomic E-state index is -0.447. The molecule has 132 valence electrons. The second-order valence-corrected chi connectivity index (χ2v) is 5.69. The van der Waals surface area contributed by atoms with E-state index in [1.807, 2.05) is 6.92 Å². The summed E-state index contributed by atoms with van der Waals surface area (Å²) >= 11 is 5.88. The predicted octanol–water partition coefficient (Wildman–Crippen LogP) is 3.25. The van der Waals surface area contributed by atoms with Crippen molar-refractivity contribution in [2.24, 2.45) is 0 Å². The zero-order valence-corrected chi connectivity index (χ0v) is 14.7. The first-order valence-corrected chi connectivity index (χ1v) is 7.95. The molecule has 0 saturated carbocycles. The molecule has 1 amide bonds. The highest BCUT2D eigenvalue weighted by atomic mass is 35.5. The third kappa shape index (κ3) is 6.00. The molecule has 6 nitrogen and oxygen atoms in total. The summed E-state index contributed by atoms with van der Waals surface area (Å²) in [6.07, 6.45) is 0. The molecule has 0 unspecified atom stereocenters. The largest absolute Gasteiger partial charge is 0.482 e. The van der Waals surface area contributed by atoms with Gasteiger partial charge in [0.05, 0.1) is 13.7 Å². The monoisotopic (exact) mass is 362 g/mol. The van der Waals surface area contributed by atoms with Gasteiger partial charge in [-0.15, -0.1) is 0 Å². The van der Waals surface area contributed by atoms with E-state index in [0.29, 0.717) is 16.5 Å². The minimum Gasteiger partial charge on any atom is -0.482 e. The molecule has 0 radical (unpaired) electrons. The number of hydrogen-bond donors (Lipinski definition) is 2. The van der Waals surface area contributed by atoms with Crippen LogP contribution >= 0.6 is 11.6 Å². The summed E-state index contributed by atoms with van der Waals surface area (Å²) in [6, 6.07) is 12.2. The smallest absolute Gasteiger partial charge is 0.343 e. The molecule has 0 fully saturated rings. The van der Waals surface area contributed by atoms with Crippen molar-refractivity contribution < 1.29 is 19.1 Å². The molecule has 2 N–H and O–H groups in total. The van der Waals surface area contributed by atoms with Crippen LogP contribution in [0.1, 0.15) is 5.56 Å². The van der Waals surface area contributed by atoms with E-state index in [0.717, 1.165) is 11.3 Å². The summed E-state index contributed by atoms with van der Waals surface area (Å²) in [6.45, 7) is 1.84. The van der Waals surface area contributed by atoms with E-state index < -0.39 is 5.97 Å². The predicted molar refractivity (Wildman–Crippen MR) is 97.3 cm³/mol. The molecule has 0 atom stereocenters. The molecule has 0 aliphatic carbocycles. The Hall–Kier alpha value is -2.73. The minimum absolute atomic E-state index is 0.107. The summed E-state index contributed by atoms with van der Waals surface area (Å²) in [5.74, 6) is -0.0814. The average molecular weight is 363 g/mol. The van der Waals surface area contributed by atoms with Crippen LogP contribution in [0.25, 0.3) is 0 Å². The van der Waals surface area contributed by atoms with Gasteiger partial charge in [0.15, 0.2) is 6.61 Å². The van der Waals surface area contributed by atoms with E-state index in [1.54, 1.807) is 42.5 Å². The number of methoxy groups -OCH3 is 1. The maximum Gasteiger partial charge on any atom is 0.343 e. The van der Waals surface area contributed by atoms with Crippen LogP contribution in [-0.2, 0) is 14.3 Å². The van der Waals surface area contributed by atoms with E-state index in [9.17, 15) is 9.59 Å². The van der Waals surface area contributed by atoms with E-state index in [1.165, 1.54) is 7.11 Å². The van der Waals surface area contributed by atoms with Crippen molar-refractivity contribution in [1.29, 1.82) is 0 Å². The van der Waals surface area contributed by atoms with Crippen molar-refractivity contribution in [3.8, 4) is 5.75 Å². The van der Waals surface area contributed by atoms with Crippen LogP contribution in [0.4, 0.5) is 11.4 Å². The number of halogens is 1. The molecular formula is C18H19ClN2O4. The van der Waals surface area contributed by atoms with Gasteiger partial charge in [0.2, 0.25) is 5.91 Å². The Morgan fingerprint density at radius 1 is 1.16 bits per heavy atom. The molecule has 0 heterocycles. The standard InChI is InChI=1S/C18H19ClN2O4/c1-12-8-15(25-11-18(23)24-2)6-7-16(12)20-10-17(22)21-14-5-3-4-13(19)9-14/h3-9,20H,10-11H2,1-2H3,(H,21,22). The normalized spacial score (nSPS) is 10.0. The molecule has 0 aliphatic heterocycles. The molecule has 0 saturated heterocycles. The van der Waals surface area contributed by atoms with Crippen molar-refractivity contribution in [2.75, 3.05) is 30.9 Å². The SMILES string of the molecule is COC(=O)COc1ccc(NCC(=O)Nc2cccc(Cl)c2)c(C)c1. The fraction of sp³-hybridized carbons (Fsp3) is 0.222. The lowest BCUT2D eigenvalue weighted by molar-refractivity contribution is -0.142. The summed E-state index contributed by atoms with van der Waals surface area (Å²) in [7, 11) is 1.30. The molecule has 0 bridgehead atoms. The number of ether oxygens (including phenoxy) is 2. The van der Waals surface area contributed by atoms with Gasteiger partial charge in [-0.3, -0.25) is 4.79 Å². The Morgan fingerprint density at radius 2 is 1.96 bits per heavy atom. The highest BCUT2D eigenvalue weighted by Gasteiger charge is 2.07. The molecule has 7 heteroatoms. The molecule has 0 spiro atoms. The Bertz CT molecular complexity index is 764. The number of carbonyl (C=O) groups excluding carboxylic acids is 2. The van der Waals surface area contributed by atoms with E-state index in [2.05, 4.69) is 15.4 Å². The van der Waals surface area contributed by atoms with Gasteiger partial charge < -0.3 is 20.1 Å². The van der Waals surface area contributed by atoms with E-state index in [4.69, 9.17) is 16.3 Å². The lowest BCUT2D eigenvalue weighted by Gasteiger charge is -2.12. The van der Waals surface area contributed by atoms with Crippen molar-refractivity contribution >= 4 is 34.9 Å². The fourth-order valence-electron chi connectivity index (χ4n) is 2.07. The first-order chi connectivity index (χ1) is 12.0. The Labute approximate surface area is 151 Å². The maximum absolute atomic E-state index is 12.0. The van der Waals surface area contributed by atoms with Gasteiger partial charge in [-0.2, -0.15) is 0 Å². The lowest BCUT2D eigenvalue weighted by Crippen LogP contribution is -2.22. The number of carbonyl (C=O) groups is 2. The number of benzene rings is 2. The quantitative estimate of drug-likeness (QED) is 0.739. The Kier molecular flexibility index (Phi) is 6.65. The highest BCUT2D eigenvalue weighted by Crippen LogP contribution is 2.21. The first kappa shape index (κ1) is 18.6. The van der Waals surface area contributed by atoms with Gasteiger partial charge in [-0.05, 0) is 48.9 Å². The summed E-state index contributed by atoms with van der Waals surface area (Å²) < 4.78 is 9.83. The molecule has 2 aromatic carbocycles. The van der Waals surface area contributed by atoms with Crippen LogP contribution in [0, 0.1) is 6.92 Å². The molecular weight excluding hydrogens is 344 g/mol. The van der Waals surface area contributed by atoms with Crippen LogP contribution in [0.3, 0.4) is 0 Å². The average Bonchev–Trinajstić information content (AvgIpc) is 2.58. The van der Waals surface area contributed by atoms with Crippen LogP contribution in [0.5, 0.6) is 5.75 Å². The van der Waals surface area contributed by atoms with Crippen LogP contribution in [0.15, 0.2) is 42.5 Å². The van der Waals surface area contributed by atoms with Gasteiger partial charge in [0.25, 0.3) is 0 Å². The first-order valence-electron chi connectivity index (χ1n) is 7.57. The van der Waals surface area contributed by atoms with Crippen LogP contribution in [0.2, 0.25) is 5.02 Å². The molecule has 2 aromatic rings. The zero-order chi connectivity index (χ0) is 18.2. The second kappa shape index (κ2) is 8.94. The van der Waals surface area contributed by atoms with E-state index >= 15 is 0 Å². The highest BCUT2D eigenvalue weighted by molar-refractivity contribution is 6.30. The van der Waals surface area contributed by atoms with Gasteiger partial charge in [0, 0.05) is 16.4 Å². The number of nitrogens with one attached hydrogen (secondary N) is 2. The topological polar surface area (TPSA) is 76.7 Å². The maximum atomic E-state index is 12.0. The molecule has 2 rings (SSSR count). The van der Waals surface area contributed by atoms with Crippen LogP contribution in [-0.4, -0.2) is 32.1 Å². The van der Waals surface area contributed by atoms with E-state index in [-0.39, 0.29) is 19.1 Å². The van der Waals surface area contributed by atoms with Crippen LogP contribution < -0.4 is 15.4 Å². The third-order valence-electron chi connectivity index (χ3n) is 3.33. The molecule has 0 aliphatic rings. The number of esters is 1. The second-order valence-electron chi connectivity index (χ2n) is 5.25. The van der Waals surface area contributed by atoms with Gasteiger partial charge in [0.1, 0.15) is 5.75 Å². The van der Waals surface area contributed by atoms with Crippen molar-refractivity contribution in [3.63, 3.8) is 0 Å². The number of anilines is 2. The lowest BCUT2D eigenvalue weighted by atomic mass is 10.2. The third-order valence-corrected chi connectivity index (χ3v) is 3.57. The number of hydrogen-bond acceptors (Lipinski definition) is 5. The molecule has 0 aromatic heterocycles.